The highest BCUT2D eigenvalue weighted by Gasteiger charge is 2.19. The van der Waals surface area contributed by atoms with Gasteiger partial charge in [0.2, 0.25) is 0 Å². The van der Waals surface area contributed by atoms with Crippen LogP contribution in [0.1, 0.15) is 22.8 Å². The summed E-state index contributed by atoms with van der Waals surface area (Å²) < 4.78 is 12.8. The molecule has 0 aliphatic heterocycles. The standard InChI is InChI=1S/C15H16FNOS/c1-11(17(2)9-12-7-8-19-10-12)15(18)13-3-5-14(16)6-4-13/h3-8,10-11H,9H2,1-2H3. The molecule has 1 aromatic heterocycles. The van der Waals surface area contributed by atoms with Crippen LogP contribution in [0.4, 0.5) is 4.39 Å². The lowest BCUT2D eigenvalue weighted by atomic mass is 10.0. The Labute approximate surface area is 116 Å². The molecule has 1 unspecified atom stereocenters. The first-order valence-corrected chi connectivity index (χ1v) is 7.03. The minimum atomic E-state index is -0.323. The molecule has 1 atom stereocenters. The normalized spacial score (nSPS) is 12.6. The first-order chi connectivity index (χ1) is 9.08. The monoisotopic (exact) mass is 277 g/mol. The van der Waals surface area contributed by atoms with E-state index in [1.54, 1.807) is 11.3 Å². The van der Waals surface area contributed by atoms with E-state index >= 15 is 0 Å². The molecule has 0 bridgehead atoms. The van der Waals surface area contributed by atoms with Gasteiger partial charge in [0.1, 0.15) is 5.82 Å². The summed E-state index contributed by atoms with van der Waals surface area (Å²) in [7, 11) is 1.92. The van der Waals surface area contributed by atoms with Gasteiger partial charge in [-0.2, -0.15) is 11.3 Å². The van der Waals surface area contributed by atoms with Crippen molar-refractivity contribution in [3.63, 3.8) is 0 Å². The molecule has 0 amide bonds. The molecule has 2 rings (SSSR count). The zero-order chi connectivity index (χ0) is 13.8. The summed E-state index contributed by atoms with van der Waals surface area (Å²) in [6, 6.07) is 7.53. The van der Waals surface area contributed by atoms with E-state index in [9.17, 15) is 9.18 Å². The molecule has 2 aromatic rings. The van der Waals surface area contributed by atoms with Gasteiger partial charge in [0, 0.05) is 12.1 Å². The van der Waals surface area contributed by atoms with Crippen molar-refractivity contribution in [2.45, 2.75) is 19.5 Å². The highest BCUT2D eigenvalue weighted by Crippen LogP contribution is 2.13. The average Bonchev–Trinajstić information content (AvgIpc) is 2.90. The zero-order valence-electron chi connectivity index (χ0n) is 11.0. The maximum absolute atomic E-state index is 12.8. The van der Waals surface area contributed by atoms with E-state index in [0.717, 1.165) is 6.54 Å². The third-order valence-corrected chi connectivity index (χ3v) is 3.91. The van der Waals surface area contributed by atoms with E-state index in [1.165, 1.54) is 29.8 Å². The molecule has 0 spiro atoms. The fourth-order valence-corrected chi connectivity index (χ4v) is 2.52. The molecular formula is C15H16FNOS. The fourth-order valence-electron chi connectivity index (χ4n) is 1.86. The number of ketones is 1. The third-order valence-electron chi connectivity index (χ3n) is 3.18. The van der Waals surface area contributed by atoms with Crippen molar-refractivity contribution in [2.75, 3.05) is 7.05 Å². The first kappa shape index (κ1) is 13.9. The molecule has 100 valence electrons. The van der Waals surface area contributed by atoms with Crippen molar-refractivity contribution in [1.29, 1.82) is 0 Å². The summed E-state index contributed by atoms with van der Waals surface area (Å²) in [5.74, 6) is -0.312. The van der Waals surface area contributed by atoms with Crippen LogP contribution >= 0.6 is 11.3 Å². The predicted molar refractivity (Wildman–Crippen MR) is 76.0 cm³/mol. The highest BCUT2D eigenvalue weighted by atomic mass is 32.1. The van der Waals surface area contributed by atoms with Crippen molar-refractivity contribution in [3.05, 3.63) is 58.0 Å². The van der Waals surface area contributed by atoms with Gasteiger partial charge in [-0.1, -0.05) is 0 Å². The number of benzene rings is 1. The number of rotatable bonds is 5. The predicted octanol–water partition coefficient (Wildman–Crippen LogP) is 3.59. The molecule has 0 saturated heterocycles. The maximum Gasteiger partial charge on any atom is 0.179 e. The number of hydrogen-bond donors (Lipinski definition) is 0. The Morgan fingerprint density at radius 2 is 2.00 bits per heavy atom. The van der Waals surface area contributed by atoms with Gasteiger partial charge in [0.15, 0.2) is 5.78 Å². The largest absolute Gasteiger partial charge is 0.292 e. The van der Waals surface area contributed by atoms with Gasteiger partial charge in [-0.05, 0) is 60.6 Å². The maximum atomic E-state index is 12.8. The number of carbonyl (C=O) groups is 1. The highest BCUT2D eigenvalue weighted by molar-refractivity contribution is 7.07. The molecule has 19 heavy (non-hydrogen) atoms. The Hall–Kier alpha value is -1.52. The summed E-state index contributed by atoms with van der Waals surface area (Å²) >= 11 is 1.65. The molecule has 0 aliphatic rings. The van der Waals surface area contributed by atoms with Crippen LogP contribution < -0.4 is 0 Å². The Kier molecular flexibility index (Phi) is 4.45. The van der Waals surface area contributed by atoms with Crippen LogP contribution in [-0.4, -0.2) is 23.8 Å². The second-order valence-electron chi connectivity index (χ2n) is 4.59. The minimum Gasteiger partial charge on any atom is -0.292 e. The van der Waals surface area contributed by atoms with Crippen LogP contribution in [0.25, 0.3) is 0 Å². The van der Waals surface area contributed by atoms with E-state index in [1.807, 2.05) is 24.3 Å². The van der Waals surface area contributed by atoms with Crippen LogP contribution in [-0.2, 0) is 6.54 Å². The molecule has 0 aliphatic carbocycles. The van der Waals surface area contributed by atoms with Crippen LogP contribution in [0.2, 0.25) is 0 Å². The number of hydrogen-bond acceptors (Lipinski definition) is 3. The summed E-state index contributed by atoms with van der Waals surface area (Å²) in [5.41, 5.74) is 1.75. The molecule has 4 heteroatoms. The van der Waals surface area contributed by atoms with Gasteiger partial charge in [0.25, 0.3) is 0 Å². The summed E-state index contributed by atoms with van der Waals surface area (Å²) in [4.78, 5) is 14.3. The number of halogens is 1. The van der Waals surface area contributed by atoms with Crippen molar-refractivity contribution in [3.8, 4) is 0 Å². The van der Waals surface area contributed by atoms with E-state index < -0.39 is 0 Å². The Balaban J connectivity index is 2.04. The van der Waals surface area contributed by atoms with Crippen molar-refractivity contribution in [1.82, 2.24) is 4.90 Å². The van der Waals surface area contributed by atoms with Crippen LogP contribution in [0.15, 0.2) is 41.1 Å². The van der Waals surface area contributed by atoms with Crippen molar-refractivity contribution in [2.24, 2.45) is 0 Å². The van der Waals surface area contributed by atoms with Gasteiger partial charge in [0.05, 0.1) is 6.04 Å². The number of Topliss-reactive ketones (excluding diaryl/α,β-unsaturated/α-hetero) is 1. The van der Waals surface area contributed by atoms with Gasteiger partial charge in [-0.3, -0.25) is 9.69 Å². The lowest BCUT2D eigenvalue weighted by Crippen LogP contribution is -2.35. The zero-order valence-corrected chi connectivity index (χ0v) is 11.8. The Bertz CT molecular complexity index is 536. The lowest BCUT2D eigenvalue weighted by Gasteiger charge is -2.23. The van der Waals surface area contributed by atoms with E-state index in [2.05, 4.69) is 11.4 Å². The molecular weight excluding hydrogens is 261 g/mol. The van der Waals surface area contributed by atoms with Crippen LogP contribution in [0.3, 0.4) is 0 Å². The minimum absolute atomic E-state index is 0.0118. The van der Waals surface area contributed by atoms with E-state index in [0.29, 0.717) is 5.56 Å². The number of nitrogens with zero attached hydrogens (tertiary/aromatic N) is 1. The quantitative estimate of drug-likeness (QED) is 0.778. The Morgan fingerprint density at radius 3 is 2.58 bits per heavy atom. The molecule has 2 nitrogen and oxygen atoms in total. The van der Waals surface area contributed by atoms with Gasteiger partial charge in [-0.15, -0.1) is 0 Å². The summed E-state index contributed by atoms with van der Waals surface area (Å²) in [6.45, 7) is 2.61. The van der Waals surface area contributed by atoms with E-state index in [-0.39, 0.29) is 17.6 Å². The number of thiophene rings is 1. The molecule has 0 N–H and O–H groups in total. The molecule has 1 aromatic carbocycles. The first-order valence-electron chi connectivity index (χ1n) is 6.09. The second kappa shape index (κ2) is 6.08. The topological polar surface area (TPSA) is 20.3 Å². The lowest BCUT2D eigenvalue weighted by molar-refractivity contribution is 0.0862. The van der Waals surface area contributed by atoms with Gasteiger partial charge in [-0.25, -0.2) is 4.39 Å². The molecule has 1 heterocycles. The van der Waals surface area contributed by atoms with Gasteiger partial charge >= 0.3 is 0 Å². The number of carbonyl (C=O) groups excluding carboxylic acids is 1. The van der Waals surface area contributed by atoms with Gasteiger partial charge < -0.3 is 0 Å². The van der Waals surface area contributed by atoms with Crippen LogP contribution in [0, 0.1) is 5.82 Å². The van der Waals surface area contributed by atoms with Crippen molar-refractivity contribution < 1.29 is 9.18 Å². The molecule has 0 saturated carbocycles. The smallest absolute Gasteiger partial charge is 0.179 e. The third kappa shape index (κ3) is 3.49. The number of likely N-dealkylation sites (N-methyl/N-ethyl adjacent to an activating group) is 1. The average molecular weight is 277 g/mol. The SMILES string of the molecule is CC(C(=O)c1ccc(F)cc1)N(C)Cc1ccsc1. The van der Waals surface area contributed by atoms with Crippen LogP contribution in [0.5, 0.6) is 0 Å². The fraction of sp³-hybridized carbons (Fsp3) is 0.267. The molecule has 0 radical (unpaired) electrons. The van der Waals surface area contributed by atoms with Crippen molar-refractivity contribution >= 4 is 17.1 Å². The Morgan fingerprint density at radius 1 is 1.32 bits per heavy atom. The second-order valence-corrected chi connectivity index (χ2v) is 5.37. The summed E-state index contributed by atoms with van der Waals surface area (Å²) in [5, 5.41) is 4.10. The van der Waals surface area contributed by atoms with E-state index in [4.69, 9.17) is 0 Å². The molecule has 0 fully saturated rings. The summed E-state index contributed by atoms with van der Waals surface area (Å²) in [6.07, 6.45) is 0.